The summed E-state index contributed by atoms with van der Waals surface area (Å²) in [6.07, 6.45) is 7.88. The fourth-order valence-electron chi connectivity index (χ4n) is 4.33. The summed E-state index contributed by atoms with van der Waals surface area (Å²) in [6.45, 7) is 3.71. The highest BCUT2D eigenvalue weighted by Crippen LogP contribution is 2.40. The maximum absolute atomic E-state index is 10.8. The van der Waals surface area contributed by atoms with Crippen LogP contribution in [0.4, 0.5) is 0 Å². The summed E-state index contributed by atoms with van der Waals surface area (Å²) in [5, 5.41) is 10.8. The van der Waals surface area contributed by atoms with Crippen LogP contribution in [0.3, 0.4) is 0 Å². The first-order chi connectivity index (χ1) is 10.7. The van der Waals surface area contributed by atoms with Crippen molar-refractivity contribution in [3.05, 3.63) is 35.4 Å². The number of likely N-dealkylation sites (tertiary alicyclic amines) is 1. The van der Waals surface area contributed by atoms with Crippen LogP contribution in [0.1, 0.15) is 37.7 Å². The van der Waals surface area contributed by atoms with Crippen LogP contribution in [0.25, 0.3) is 6.08 Å². The van der Waals surface area contributed by atoms with Crippen molar-refractivity contribution in [2.45, 2.75) is 37.7 Å². The summed E-state index contributed by atoms with van der Waals surface area (Å²) >= 11 is 0. The fraction of sp³-hybridized carbons (Fsp3) is 0.579. The molecule has 3 aliphatic rings. The van der Waals surface area contributed by atoms with Crippen LogP contribution < -0.4 is 4.74 Å². The maximum atomic E-state index is 10.8. The zero-order chi connectivity index (χ0) is 15.0. The number of ether oxygens (including phenoxy) is 1. The third-order valence-electron chi connectivity index (χ3n) is 5.63. The van der Waals surface area contributed by atoms with Gasteiger partial charge in [0.25, 0.3) is 0 Å². The lowest BCUT2D eigenvalue weighted by Crippen LogP contribution is -2.53. The van der Waals surface area contributed by atoms with Crippen molar-refractivity contribution in [3.63, 3.8) is 0 Å². The van der Waals surface area contributed by atoms with Crippen LogP contribution in [0, 0.1) is 5.92 Å². The van der Waals surface area contributed by atoms with Crippen LogP contribution in [-0.4, -0.2) is 41.8 Å². The molecule has 0 bridgehead atoms. The molecule has 0 radical (unpaired) electrons. The van der Waals surface area contributed by atoms with Crippen molar-refractivity contribution < 1.29 is 9.84 Å². The van der Waals surface area contributed by atoms with Gasteiger partial charge < -0.3 is 9.84 Å². The van der Waals surface area contributed by atoms with E-state index in [-0.39, 0.29) is 5.60 Å². The summed E-state index contributed by atoms with van der Waals surface area (Å²) < 4.78 is 5.86. The first kappa shape index (κ1) is 14.3. The van der Waals surface area contributed by atoms with Crippen LogP contribution in [0.5, 0.6) is 5.75 Å². The molecular formula is C19H25NO2. The van der Waals surface area contributed by atoms with Crippen molar-refractivity contribution in [2.75, 3.05) is 26.2 Å². The zero-order valence-corrected chi connectivity index (χ0v) is 13.1. The minimum absolute atomic E-state index is 0.376. The third-order valence-corrected chi connectivity index (χ3v) is 5.63. The van der Waals surface area contributed by atoms with E-state index in [4.69, 9.17) is 4.74 Å². The molecule has 2 heterocycles. The monoisotopic (exact) mass is 299 g/mol. The van der Waals surface area contributed by atoms with Crippen LogP contribution in [0.2, 0.25) is 0 Å². The molecule has 2 atom stereocenters. The van der Waals surface area contributed by atoms with Gasteiger partial charge in [0, 0.05) is 31.1 Å². The number of hydrogen-bond donors (Lipinski definition) is 1. The van der Waals surface area contributed by atoms with E-state index in [1.165, 1.54) is 30.4 Å². The van der Waals surface area contributed by atoms with Gasteiger partial charge in [-0.3, -0.25) is 4.90 Å². The Morgan fingerprint density at radius 2 is 2.14 bits per heavy atom. The van der Waals surface area contributed by atoms with E-state index in [9.17, 15) is 5.11 Å². The topological polar surface area (TPSA) is 32.7 Å². The molecule has 1 aromatic carbocycles. The van der Waals surface area contributed by atoms with Gasteiger partial charge in [0.2, 0.25) is 0 Å². The molecule has 2 fully saturated rings. The first-order valence-corrected chi connectivity index (χ1v) is 8.59. The minimum atomic E-state index is -0.376. The number of piperidine rings is 1. The first-order valence-electron chi connectivity index (χ1n) is 8.59. The molecule has 1 saturated carbocycles. The molecule has 4 rings (SSSR count). The van der Waals surface area contributed by atoms with Crippen LogP contribution >= 0.6 is 0 Å². The fourth-order valence-corrected chi connectivity index (χ4v) is 4.33. The highest BCUT2D eigenvalue weighted by molar-refractivity contribution is 5.62. The minimum Gasteiger partial charge on any atom is -0.489 e. The van der Waals surface area contributed by atoms with Gasteiger partial charge in [0.05, 0.1) is 5.60 Å². The molecule has 1 N–H and O–H groups in total. The summed E-state index contributed by atoms with van der Waals surface area (Å²) in [7, 11) is 0. The van der Waals surface area contributed by atoms with Gasteiger partial charge in [-0.2, -0.15) is 0 Å². The molecule has 0 unspecified atom stereocenters. The zero-order valence-electron chi connectivity index (χ0n) is 13.1. The van der Waals surface area contributed by atoms with Gasteiger partial charge in [-0.15, -0.1) is 0 Å². The second-order valence-corrected chi connectivity index (χ2v) is 7.16. The molecule has 0 spiro atoms. The van der Waals surface area contributed by atoms with Crippen LogP contribution in [0.15, 0.2) is 29.8 Å². The Kier molecular flexibility index (Phi) is 3.71. The van der Waals surface area contributed by atoms with E-state index in [0.29, 0.717) is 12.5 Å². The maximum Gasteiger partial charge on any atom is 0.127 e. The number of hydrogen-bond acceptors (Lipinski definition) is 3. The van der Waals surface area contributed by atoms with Gasteiger partial charge in [0.15, 0.2) is 0 Å². The molecule has 1 aromatic rings. The van der Waals surface area contributed by atoms with E-state index in [1.54, 1.807) is 0 Å². The number of rotatable bonds is 2. The average molecular weight is 299 g/mol. The molecule has 22 heavy (non-hydrogen) atoms. The molecule has 2 aliphatic heterocycles. The Hall–Kier alpha value is -1.32. The Balaban J connectivity index is 1.44. The Bertz CT molecular complexity index is 583. The van der Waals surface area contributed by atoms with Gasteiger partial charge in [-0.05, 0) is 37.0 Å². The van der Waals surface area contributed by atoms with Crippen molar-refractivity contribution in [2.24, 2.45) is 5.92 Å². The Labute approximate surface area is 132 Å². The Morgan fingerprint density at radius 1 is 1.23 bits per heavy atom. The number of nitrogens with zero attached hydrogens (tertiary/aromatic N) is 1. The van der Waals surface area contributed by atoms with Crippen LogP contribution in [-0.2, 0) is 0 Å². The third kappa shape index (κ3) is 2.68. The van der Waals surface area contributed by atoms with Crippen molar-refractivity contribution >= 4 is 6.08 Å². The predicted molar refractivity (Wildman–Crippen MR) is 87.9 cm³/mol. The molecular weight excluding hydrogens is 274 g/mol. The molecule has 1 aliphatic carbocycles. The van der Waals surface area contributed by atoms with Gasteiger partial charge in [-0.1, -0.05) is 31.0 Å². The second-order valence-electron chi connectivity index (χ2n) is 7.16. The summed E-state index contributed by atoms with van der Waals surface area (Å²) in [6, 6.07) is 8.23. The smallest absolute Gasteiger partial charge is 0.127 e. The number of fused-ring (bicyclic) bond motifs is 2. The largest absolute Gasteiger partial charge is 0.489 e. The number of benzene rings is 1. The lowest BCUT2D eigenvalue weighted by Gasteiger charge is -2.47. The van der Waals surface area contributed by atoms with Gasteiger partial charge >= 0.3 is 0 Å². The van der Waals surface area contributed by atoms with E-state index in [0.717, 1.165) is 38.2 Å². The van der Waals surface area contributed by atoms with E-state index < -0.39 is 0 Å². The highest BCUT2D eigenvalue weighted by atomic mass is 16.5. The lowest BCUT2D eigenvalue weighted by atomic mass is 9.71. The Morgan fingerprint density at radius 3 is 3.09 bits per heavy atom. The highest BCUT2D eigenvalue weighted by Gasteiger charge is 2.42. The summed E-state index contributed by atoms with van der Waals surface area (Å²) in [4.78, 5) is 2.51. The predicted octanol–water partition coefficient (Wildman–Crippen LogP) is 3.09. The standard InChI is InChI=1S/C19H25NO2/c21-19-8-4-3-6-17(19)13-20(10-9-19)12-15-11-16-5-1-2-7-18(16)22-14-15/h1-2,5,7,11,17,21H,3-4,6,8-10,12-14H2/t17-,19+/m1/s1. The number of para-hydroxylation sites is 1. The SMILES string of the molecule is O[C@]12CCCC[C@@H]1CN(CC1=Cc3ccccc3OC1)CC2. The molecule has 1 saturated heterocycles. The summed E-state index contributed by atoms with van der Waals surface area (Å²) in [5.74, 6) is 1.46. The van der Waals surface area contributed by atoms with E-state index in [2.05, 4.69) is 23.1 Å². The van der Waals surface area contributed by atoms with Crippen molar-refractivity contribution in [1.82, 2.24) is 4.90 Å². The molecule has 118 valence electrons. The molecule has 3 nitrogen and oxygen atoms in total. The lowest BCUT2D eigenvalue weighted by molar-refractivity contribution is -0.0939. The number of aliphatic hydroxyl groups is 1. The normalized spacial score (nSPS) is 31.7. The van der Waals surface area contributed by atoms with Gasteiger partial charge in [-0.25, -0.2) is 0 Å². The molecule has 0 aromatic heterocycles. The summed E-state index contributed by atoms with van der Waals surface area (Å²) in [5.41, 5.74) is 2.16. The average Bonchev–Trinajstić information content (AvgIpc) is 2.55. The van der Waals surface area contributed by atoms with Gasteiger partial charge in [0.1, 0.15) is 12.4 Å². The van der Waals surface area contributed by atoms with E-state index >= 15 is 0 Å². The molecule has 3 heteroatoms. The van der Waals surface area contributed by atoms with Crippen molar-refractivity contribution in [1.29, 1.82) is 0 Å². The second kappa shape index (κ2) is 5.71. The molecule has 0 amide bonds. The van der Waals surface area contributed by atoms with E-state index in [1.807, 2.05) is 12.1 Å². The van der Waals surface area contributed by atoms with Crippen molar-refractivity contribution in [3.8, 4) is 5.75 Å². The quantitative estimate of drug-likeness (QED) is 0.911.